The molecule has 0 atom stereocenters. The molecule has 4 aromatic heterocycles. The highest BCUT2D eigenvalue weighted by Gasteiger charge is 2.22. The molecule has 12 rings (SSSR count). The summed E-state index contributed by atoms with van der Waals surface area (Å²) >= 11 is 0. The predicted molar refractivity (Wildman–Crippen MR) is 236 cm³/mol. The molecule has 0 aliphatic heterocycles. The van der Waals surface area contributed by atoms with Crippen molar-refractivity contribution in [2.75, 3.05) is 0 Å². The summed E-state index contributed by atoms with van der Waals surface area (Å²) in [5.74, 6) is 1.78. The summed E-state index contributed by atoms with van der Waals surface area (Å²) in [6.45, 7) is 0. The van der Waals surface area contributed by atoms with Crippen molar-refractivity contribution in [3.8, 4) is 51.1 Å². The summed E-state index contributed by atoms with van der Waals surface area (Å²) in [6.07, 6.45) is 0. The standard InChI is InChI=1S/C52H31N5O/c1-4-15-32(16-5-1)48-38-28-29-39-46-40(23-14-26-45(46)58-49(39)47(38)37-22-10-12-24-42(37)53-48)52-55-50(33-17-6-2-7-18-33)54-51(56-52)34-27-30-44-41(31-34)36-21-11-13-25-43(36)57(44)35-19-8-3-9-20-35/h1-31H. The molecule has 0 spiro atoms. The lowest BCUT2D eigenvalue weighted by atomic mass is 9.97. The van der Waals surface area contributed by atoms with E-state index in [1.54, 1.807) is 0 Å². The van der Waals surface area contributed by atoms with E-state index >= 15 is 0 Å². The molecular weight excluding hydrogens is 711 g/mol. The molecule has 0 aliphatic carbocycles. The molecule has 0 bridgehead atoms. The molecule has 4 heterocycles. The minimum absolute atomic E-state index is 0.577. The van der Waals surface area contributed by atoms with Gasteiger partial charge in [0.25, 0.3) is 0 Å². The normalized spacial score (nSPS) is 11.8. The van der Waals surface area contributed by atoms with Crippen molar-refractivity contribution in [2.24, 2.45) is 0 Å². The minimum atomic E-state index is 0.577. The van der Waals surface area contributed by atoms with Gasteiger partial charge in [-0.25, -0.2) is 19.9 Å². The van der Waals surface area contributed by atoms with Crippen LogP contribution in [0.25, 0.3) is 117 Å². The Balaban J connectivity index is 1.10. The van der Waals surface area contributed by atoms with Gasteiger partial charge in [0.1, 0.15) is 11.2 Å². The Morgan fingerprint density at radius 3 is 1.83 bits per heavy atom. The number of nitrogens with zero attached hydrogens (tertiary/aromatic N) is 5. The van der Waals surface area contributed by atoms with Crippen LogP contribution in [-0.4, -0.2) is 24.5 Å². The fourth-order valence-electron chi connectivity index (χ4n) is 8.63. The third-order valence-corrected chi connectivity index (χ3v) is 11.2. The lowest BCUT2D eigenvalue weighted by molar-refractivity contribution is 0.673. The highest BCUT2D eigenvalue weighted by atomic mass is 16.3. The van der Waals surface area contributed by atoms with Crippen LogP contribution in [-0.2, 0) is 0 Å². The SMILES string of the molecule is c1ccc(-c2nc(-c3ccc4c(c3)c3ccccc3n4-c3ccccc3)nc(-c3cccc4oc5c(ccc6c(-c7ccccc7)nc7ccccc7c65)c34)n2)cc1. The van der Waals surface area contributed by atoms with Crippen molar-refractivity contribution in [1.29, 1.82) is 0 Å². The number of hydrogen-bond donors (Lipinski definition) is 0. The highest BCUT2D eigenvalue weighted by Crippen LogP contribution is 2.43. The van der Waals surface area contributed by atoms with Gasteiger partial charge in [0.15, 0.2) is 17.5 Å². The molecular formula is C52H31N5O. The first-order valence-electron chi connectivity index (χ1n) is 19.4. The molecule has 0 N–H and O–H groups in total. The second-order valence-electron chi connectivity index (χ2n) is 14.6. The van der Waals surface area contributed by atoms with E-state index in [4.69, 9.17) is 24.4 Å². The average molecular weight is 742 g/mol. The monoisotopic (exact) mass is 741 g/mol. The Labute approximate surface area is 332 Å². The van der Waals surface area contributed by atoms with Crippen LogP contribution in [0.15, 0.2) is 192 Å². The van der Waals surface area contributed by atoms with Crippen molar-refractivity contribution >= 4 is 65.4 Å². The van der Waals surface area contributed by atoms with E-state index in [2.05, 4.69) is 138 Å². The van der Waals surface area contributed by atoms with Crippen LogP contribution in [0.3, 0.4) is 0 Å². The molecule has 0 aliphatic rings. The summed E-state index contributed by atoms with van der Waals surface area (Å²) < 4.78 is 9.20. The van der Waals surface area contributed by atoms with E-state index in [1.165, 1.54) is 5.39 Å². The molecule has 0 unspecified atom stereocenters. The van der Waals surface area contributed by atoms with Gasteiger partial charge >= 0.3 is 0 Å². The van der Waals surface area contributed by atoms with Crippen LogP contribution in [0.2, 0.25) is 0 Å². The van der Waals surface area contributed by atoms with Crippen molar-refractivity contribution in [3.05, 3.63) is 188 Å². The van der Waals surface area contributed by atoms with Gasteiger partial charge in [-0.05, 0) is 54.6 Å². The molecule has 0 saturated heterocycles. The Kier molecular flexibility index (Phi) is 7.13. The van der Waals surface area contributed by atoms with Crippen molar-refractivity contribution < 1.29 is 4.42 Å². The molecule has 0 amide bonds. The Hall–Kier alpha value is -7.96. The molecule has 270 valence electrons. The number of fused-ring (bicyclic) bond motifs is 10. The van der Waals surface area contributed by atoms with E-state index in [0.717, 1.165) is 93.7 Å². The third kappa shape index (κ3) is 4.98. The van der Waals surface area contributed by atoms with Crippen LogP contribution in [0.5, 0.6) is 0 Å². The minimum Gasteiger partial charge on any atom is -0.455 e. The van der Waals surface area contributed by atoms with Crippen LogP contribution in [0, 0.1) is 0 Å². The molecule has 8 aromatic carbocycles. The number of rotatable bonds is 5. The molecule has 0 saturated carbocycles. The summed E-state index contributed by atoms with van der Waals surface area (Å²) in [5.41, 5.74) is 10.6. The Bertz CT molecular complexity index is 3560. The van der Waals surface area contributed by atoms with Crippen LogP contribution < -0.4 is 0 Å². The summed E-state index contributed by atoms with van der Waals surface area (Å²) in [4.78, 5) is 20.7. The van der Waals surface area contributed by atoms with Crippen LogP contribution >= 0.6 is 0 Å². The largest absolute Gasteiger partial charge is 0.455 e. The molecule has 12 aromatic rings. The number of hydrogen-bond acceptors (Lipinski definition) is 5. The lowest BCUT2D eigenvalue weighted by Crippen LogP contribution is -2.00. The number of benzene rings is 8. The van der Waals surface area contributed by atoms with Crippen molar-refractivity contribution in [2.45, 2.75) is 0 Å². The summed E-state index contributed by atoms with van der Waals surface area (Å²) in [7, 11) is 0. The van der Waals surface area contributed by atoms with Crippen molar-refractivity contribution in [3.63, 3.8) is 0 Å². The van der Waals surface area contributed by atoms with Crippen LogP contribution in [0.4, 0.5) is 0 Å². The zero-order chi connectivity index (χ0) is 38.2. The van der Waals surface area contributed by atoms with Crippen LogP contribution in [0.1, 0.15) is 0 Å². The average Bonchev–Trinajstić information content (AvgIpc) is 3.85. The molecule has 58 heavy (non-hydrogen) atoms. The first-order valence-corrected chi connectivity index (χ1v) is 19.4. The van der Waals surface area contributed by atoms with Crippen molar-refractivity contribution in [1.82, 2.24) is 24.5 Å². The fraction of sp³-hybridized carbons (Fsp3) is 0. The fourth-order valence-corrected chi connectivity index (χ4v) is 8.63. The van der Waals surface area contributed by atoms with Gasteiger partial charge in [-0.3, -0.25) is 0 Å². The highest BCUT2D eigenvalue weighted by molar-refractivity contribution is 6.26. The summed E-state index contributed by atoms with van der Waals surface area (Å²) in [5, 5.41) is 7.36. The number of pyridine rings is 1. The quantitative estimate of drug-likeness (QED) is 0.164. The van der Waals surface area contributed by atoms with Gasteiger partial charge in [0, 0.05) is 65.6 Å². The number of para-hydroxylation sites is 3. The number of furan rings is 1. The van der Waals surface area contributed by atoms with Gasteiger partial charge in [-0.15, -0.1) is 0 Å². The lowest BCUT2D eigenvalue weighted by Gasteiger charge is -2.11. The first kappa shape index (κ1) is 32.3. The third-order valence-electron chi connectivity index (χ3n) is 11.2. The van der Waals surface area contributed by atoms with Gasteiger partial charge in [0.05, 0.1) is 22.2 Å². The second kappa shape index (κ2) is 12.8. The Morgan fingerprint density at radius 2 is 1.02 bits per heavy atom. The predicted octanol–water partition coefficient (Wildman–Crippen LogP) is 13.2. The maximum atomic E-state index is 6.88. The van der Waals surface area contributed by atoms with E-state index in [0.29, 0.717) is 17.5 Å². The second-order valence-corrected chi connectivity index (χ2v) is 14.6. The van der Waals surface area contributed by atoms with E-state index < -0.39 is 0 Å². The first-order chi connectivity index (χ1) is 28.8. The maximum absolute atomic E-state index is 6.88. The Morgan fingerprint density at radius 1 is 0.379 bits per heavy atom. The molecule has 0 fully saturated rings. The van der Waals surface area contributed by atoms with E-state index in [9.17, 15) is 0 Å². The zero-order valence-electron chi connectivity index (χ0n) is 31.0. The maximum Gasteiger partial charge on any atom is 0.164 e. The number of aromatic nitrogens is 5. The van der Waals surface area contributed by atoms with E-state index in [1.807, 2.05) is 54.6 Å². The van der Waals surface area contributed by atoms with Gasteiger partial charge in [0.2, 0.25) is 0 Å². The van der Waals surface area contributed by atoms with Gasteiger partial charge < -0.3 is 8.98 Å². The zero-order valence-corrected chi connectivity index (χ0v) is 31.0. The molecule has 0 radical (unpaired) electrons. The summed E-state index contributed by atoms with van der Waals surface area (Å²) in [6, 6.07) is 64.8. The smallest absolute Gasteiger partial charge is 0.164 e. The van der Waals surface area contributed by atoms with E-state index in [-0.39, 0.29) is 0 Å². The van der Waals surface area contributed by atoms with Gasteiger partial charge in [-0.1, -0.05) is 133 Å². The molecule has 6 nitrogen and oxygen atoms in total. The molecule has 6 heteroatoms. The topological polar surface area (TPSA) is 69.6 Å². The van der Waals surface area contributed by atoms with Gasteiger partial charge in [-0.2, -0.15) is 0 Å².